The van der Waals surface area contributed by atoms with Crippen LogP contribution in [0.5, 0.6) is 17.2 Å². The molecule has 1 heterocycles. The Morgan fingerprint density at radius 3 is 2.51 bits per heavy atom. The van der Waals surface area contributed by atoms with E-state index >= 15 is 0 Å². The van der Waals surface area contributed by atoms with Gasteiger partial charge in [0.25, 0.3) is 0 Å². The van der Waals surface area contributed by atoms with Gasteiger partial charge in [-0.3, -0.25) is 5.43 Å². The van der Waals surface area contributed by atoms with E-state index in [9.17, 15) is 19.5 Å². The van der Waals surface area contributed by atoms with E-state index in [1.807, 2.05) is 0 Å². The third-order valence-electron chi connectivity index (χ3n) is 5.65. The summed E-state index contributed by atoms with van der Waals surface area (Å²) in [5.74, 6) is 0.187. The Labute approximate surface area is 237 Å². The lowest BCUT2D eigenvalue weighted by atomic mass is 9.95. The van der Waals surface area contributed by atoms with Crippen molar-refractivity contribution in [3.05, 3.63) is 64.9 Å². The van der Waals surface area contributed by atoms with Crippen molar-refractivity contribution in [1.82, 2.24) is 16.1 Å². The fourth-order valence-corrected chi connectivity index (χ4v) is 3.82. The number of allylic oxidation sites excluding steroid dienone is 1. The van der Waals surface area contributed by atoms with E-state index in [0.717, 1.165) is 5.56 Å². The standard InChI is InChI=1S/C28H34N4O9/c1-5-38-22-13-19(26-25(27(35)37-4)17(3)30-28(36)31-26)9-12-21(22)41-15-23(33)32-29-14-18-7-10-20(11-8-18)40-16-24(34)39-6-2/h7-14,23,26,32-33H,5-6,15-16H2,1-4H3,(H2,30,31,36)/b29-14-/t23-,26+/m1/s1. The summed E-state index contributed by atoms with van der Waals surface area (Å²) in [6.07, 6.45) is 0.355. The Kier molecular flexibility index (Phi) is 11.3. The van der Waals surface area contributed by atoms with Gasteiger partial charge in [0.1, 0.15) is 12.4 Å². The fraction of sp³-hybridized carbons (Fsp3) is 0.357. The number of nitrogens with zero attached hydrogens (tertiary/aromatic N) is 1. The maximum Gasteiger partial charge on any atom is 0.344 e. The van der Waals surface area contributed by atoms with E-state index in [1.165, 1.54) is 13.3 Å². The molecule has 2 amide bonds. The van der Waals surface area contributed by atoms with Crippen molar-refractivity contribution < 1.29 is 43.2 Å². The molecule has 2 aromatic carbocycles. The molecule has 0 unspecified atom stereocenters. The summed E-state index contributed by atoms with van der Waals surface area (Å²) in [4.78, 5) is 35.9. The summed E-state index contributed by atoms with van der Waals surface area (Å²) >= 11 is 0. The van der Waals surface area contributed by atoms with Gasteiger partial charge in [-0.2, -0.15) is 5.10 Å². The van der Waals surface area contributed by atoms with Crippen LogP contribution in [0.2, 0.25) is 0 Å². The highest BCUT2D eigenvalue weighted by Gasteiger charge is 2.32. The highest BCUT2D eigenvalue weighted by atomic mass is 16.6. The number of methoxy groups -OCH3 is 1. The molecule has 1 aliphatic rings. The molecule has 0 spiro atoms. The van der Waals surface area contributed by atoms with Crippen LogP contribution in [-0.4, -0.2) is 69.1 Å². The van der Waals surface area contributed by atoms with Crippen molar-refractivity contribution in [2.24, 2.45) is 5.10 Å². The number of carbonyl (C=O) groups is 3. The normalized spacial score (nSPS) is 15.4. The van der Waals surface area contributed by atoms with Gasteiger partial charge in [0.15, 0.2) is 24.3 Å². The van der Waals surface area contributed by atoms with Crippen LogP contribution in [0.4, 0.5) is 4.79 Å². The third kappa shape index (κ3) is 8.86. The number of rotatable bonds is 14. The lowest BCUT2D eigenvalue weighted by Gasteiger charge is -2.28. The molecule has 0 aromatic heterocycles. The summed E-state index contributed by atoms with van der Waals surface area (Å²) in [7, 11) is 1.27. The number of benzene rings is 2. The van der Waals surface area contributed by atoms with Gasteiger partial charge in [-0.1, -0.05) is 6.07 Å². The molecule has 1 aliphatic heterocycles. The van der Waals surface area contributed by atoms with Crippen LogP contribution in [0.3, 0.4) is 0 Å². The van der Waals surface area contributed by atoms with Gasteiger partial charge in [0, 0.05) is 5.70 Å². The number of esters is 2. The maximum atomic E-state index is 12.4. The quantitative estimate of drug-likeness (QED) is 0.114. The number of ether oxygens (including phenoxy) is 5. The number of urea groups is 1. The van der Waals surface area contributed by atoms with Crippen LogP contribution in [0, 0.1) is 0 Å². The molecule has 0 radical (unpaired) electrons. The van der Waals surface area contributed by atoms with Gasteiger partial charge >= 0.3 is 18.0 Å². The van der Waals surface area contributed by atoms with E-state index in [1.54, 1.807) is 63.2 Å². The second-order valence-electron chi connectivity index (χ2n) is 8.58. The van der Waals surface area contributed by atoms with Crippen LogP contribution >= 0.6 is 0 Å². The predicted octanol–water partition coefficient (Wildman–Crippen LogP) is 2.15. The number of hydrazone groups is 1. The molecule has 0 fully saturated rings. The highest BCUT2D eigenvalue weighted by molar-refractivity contribution is 5.95. The monoisotopic (exact) mass is 570 g/mol. The summed E-state index contributed by atoms with van der Waals surface area (Å²) < 4.78 is 26.5. The number of hydrogen-bond acceptors (Lipinski definition) is 11. The largest absolute Gasteiger partial charge is 0.490 e. The molecule has 41 heavy (non-hydrogen) atoms. The van der Waals surface area contributed by atoms with Crippen LogP contribution in [0.1, 0.15) is 37.9 Å². The second kappa shape index (κ2) is 15.1. The van der Waals surface area contributed by atoms with Gasteiger partial charge in [0.05, 0.1) is 38.2 Å². The molecule has 3 rings (SSSR count). The molecule has 0 bridgehead atoms. The van der Waals surface area contributed by atoms with Gasteiger partial charge in [-0.25, -0.2) is 14.4 Å². The lowest BCUT2D eigenvalue weighted by molar-refractivity contribution is -0.145. The Morgan fingerprint density at radius 1 is 1.07 bits per heavy atom. The van der Waals surface area contributed by atoms with Crippen molar-refractivity contribution >= 4 is 24.2 Å². The zero-order valence-corrected chi connectivity index (χ0v) is 23.3. The number of aliphatic hydroxyl groups excluding tert-OH is 1. The molecule has 220 valence electrons. The number of hydrogen-bond donors (Lipinski definition) is 4. The summed E-state index contributed by atoms with van der Waals surface area (Å²) in [6, 6.07) is 10.6. The molecule has 13 nitrogen and oxygen atoms in total. The number of carbonyl (C=O) groups excluding carboxylic acids is 3. The van der Waals surface area contributed by atoms with E-state index in [2.05, 4.69) is 21.2 Å². The van der Waals surface area contributed by atoms with Gasteiger partial charge in [-0.05, 0) is 68.3 Å². The zero-order chi connectivity index (χ0) is 29.8. The minimum Gasteiger partial charge on any atom is -0.490 e. The maximum absolute atomic E-state index is 12.4. The molecule has 0 saturated carbocycles. The first-order chi connectivity index (χ1) is 19.7. The van der Waals surface area contributed by atoms with Crippen LogP contribution < -0.4 is 30.3 Å². The Bertz CT molecular complexity index is 1280. The Morgan fingerprint density at radius 2 is 1.83 bits per heavy atom. The molecule has 4 N–H and O–H groups in total. The minimum absolute atomic E-state index is 0.159. The SMILES string of the molecule is CCOC(=O)COc1ccc(/C=N\N[C@H](O)COc2ccc([C@@H]3NC(=O)NC(C)=C3C(=O)OC)cc2OCC)cc1. The molecule has 2 aromatic rings. The van der Waals surface area contributed by atoms with E-state index in [4.69, 9.17) is 23.7 Å². The van der Waals surface area contributed by atoms with Gasteiger partial charge in [-0.15, -0.1) is 0 Å². The van der Waals surface area contributed by atoms with Crippen molar-refractivity contribution in [2.45, 2.75) is 33.0 Å². The molecule has 0 saturated heterocycles. The first kappa shape index (κ1) is 30.8. The van der Waals surface area contributed by atoms with E-state index in [-0.39, 0.29) is 25.4 Å². The number of aliphatic hydroxyl groups is 1. The molecule has 2 atom stereocenters. The smallest absolute Gasteiger partial charge is 0.344 e. The first-order valence-corrected chi connectivity index (χ1v) is 12.9. The fourth-order valence-electron chi connectivity index (χ4n) is 3.82. The Hall–Kier alpha value is -4.78. The van der Waals surface area contributed by atoms with Crippen molar-refractivity contribution in [3.8, 4) is 17.2 Å². The minimum atomic E-state index is -1.15. The van der Waals surface area contributed by atoms with Crippen molar-refractivity contribution in [3.63, 3.8) is 0 Å². The van der Waals surface area contributed by atoms with E-state index in [0.29, 0.717) is 35.1 Å². The first-order valence-electron chi connectivity index (χ1n) is 12.9. The summed E-state index contributed by atoms with van der Waals surface area (Å²) in [5.41, 5.74) is 4.53. The third-order valence-corrected chi connectivity index (χ3v) is 5.65. The topological polar surface area (TPSA) is 166 Å². The number of amides is 2. The Balaban J connectivity index is 1.59. The number of nitrogens with one attached hydrogen (secondary N) is 3. The second-order valence-corrected chi connectivity index (χ2v) is 8.58. The summed E-state index contributed by atoms with van der Waals surface area (Å²) in [5, 5.41) is 19.6. The highest BCUT2D eigenvalue weighted by Crippen LogP contribution is 2.34. The average Bonchev–Trinajstić information content (AvgIpc) is 2.95. The van der Waals surface area contributed by atoms with Crippen LogP contribution in [-0.2, 0) is 19.1 Å². The van der Waals surface area contributed by atoms with Crippen LogP contribution in [0.15, 0.2) is 58.8 Å². The van der Waals surface area contributed by atoms with Gasteiger partial charge < -0.3 is 39.4 Å². The predicted molar refractivity (Wildman–Crippen MR) is 148 cm³/mol. The van der Waals surface area contributed by atoms with E-state index < -0.39 is 30.2 Å². The van der Waals surface area contributed by atoms with Crippen molar-refractivity contribution in [2.75, 3.05) is 33.5 Å². The lowest BCUT2D eigenvalue weighted by Crippen LogP contribution is -2.45. The van der Waals surface area contributed by atoms with Crippen LogP contribution in [0.25, 0.3) is 0 Å². The molecular formula is C28H34N4O9. The summed E-state index contributed by atoms with van der Waals surface area (Å²) in [6.45, 7) is 5.42. The van der Waals surface area contributed by atoms with Crippen molar-refractivity contribution in [1.29, 1.82) is 0 Å². The average molecular weight is 571 g/mol. The molecular weight excluding hydrogens is 536 g/mol. The van der Waals surface area contributed by atoms with Gasteiger partial charge in [0.2, 0.25) is 0 Å². The zero-order valence-electron chi connectivity index (χ0n) is 23.3. The molecule has 13 heteroatoms. The molecule has 0 aliphatic carbocycles.